The average molecular weight is 279 g/mol. The van der Waals surface area contributed by atoms with Gasteiger partial charge in [0.25, 0.3) is 0 Å². The Morgan fingerprint density at radius 3 is 2.60 bits per heavy atom. The number of aryl methyl sites for hydroxylation is 1. The van der Waals surface area contributed by atoms with Crippen molar-refractivity contribution in [3.63, 3.8) is 0 Å². The van der Waals surface area contributed by atoms with Crippen molar-refractivity contribution in [3.8, 4) is 5.75 Å². The fourth-order valence-electron chi connectivity index (χ4n) is 1.65. The fraction of sp³-hybridized carbons (Fsp3) is 0.467. The van der Waals surface area contributed by atoms with Crippen molar-refractivity contribution in [2.45, 2.75) is 39.2 Å². The van der Waals surface area contributed by atoms with Gasteiger partial charge in [0.2, 0.25) is 0 Å². The molecule has 0 aliphatic rings. The lowest BCUT2D eigenvalue weighted by Gasteiger charge is -2.20. The summed E-state index contributed by atoms with van der Waals surface area (Å²) in [5.41, 5.74) is 0.918. The van der Waals surface area contributed by atoms with Crippen LogP contribution in [-0.2, 0) is 16.0 Å². The van der Waals surface area contributed by atoms with Crippen LogP contribution in [-0.4, -0.2) is 25.1 Å². The Hall–Kier alpha value is -2.04. The number of amides is 1. The van der Waals surface area contributed by atoms with Gasteiger partial charge in [0.15, 0.2) is 0 Å². The lowest BCUT2D eigenvalue weighted by molar-refractivity contribution is -0.107. The molecule has 0 aliphatic carbocycles. The summed E-state index contributed by atoms with van der Waals surface area (Å²) in [5, 5.41) is 2.66. The largest absolute Gasteiger partial charge is 0.495 e. The molecule has 0 saturated heterocycles. The van der Waals surface area contributed by atoms with Gasteiger partial charge in [0, 0.05) is 6.42 Å². The number of carbonyl (C=O) groups excluding carboxylic acids is 2. The summed E-state index contributed by atoms with van der Waals surface area (Å²) >= 11 is 0. The van der Waals surface area contributed by atoms with Gasteiger partial charge >= 0.3 is 6.09 Å². The van der Waals surface area contributed by atoms with Gasteiger partial charge in [-0.25, -0.2) is 4.79 Å². The number of carbonyl (C=O) groups is 2. The molecule has 0 heterocycles. The van der Waals surface area contributed by atoms with Crippen LogP contribution in [0.2, 0.25) is 0 Å². The molecule has 0 saturated carbocycles. The third-order valence-corrected chi connectivity index (χ3v) is 2.45. The topological polar surface area (TPSA) is 64.6 Å². The van der Waals surface area contributed by atoms with Gasteiger partial charge in [-0.3, -0.25) is 5.32 Å². The predicted octanol–water partition coefficient (Wildman–Crippen LogP) is 3.17. The molecule has 0 spiro atoms. The molecule has 0 radical (unpaired) electrons. The van der Waals surface area contributed by atoms with E-state index in [4.69, 9.17) is 9.47 Å². The van der Waals surface area contributed by atoms with Crippen molar-refractivity contribution in [1.29, 1.82) is 0 Å². The first kappa shape index (κ1) is 16.0. The monoisotopic (exact) mass is 279 g/mol. The molecule has 5 nitrogen and oxygen atoms in total. The van der Waals surface area contributed by atoms with E-state index in [1.165, 1.54) is 7.11 Å². The molecule has 1 aromatic rings. The first-order chi connectivity index (χ1) is 9.35. The number of benzene rings is 1. The third kappa shape index (κ3) is 5.30. The number of methoxy groups -OCH3 is 1. The maximum absolute atomic E-state index is 11.8. The molecule has 0 aliphatic heterocycles. The van der Waals surface area contributed by atoms with Crippen LogP contribution in [0.4, 0.5) is 10.5 Å². The van der Waals surface area contributed by atoms with Crippen molar-refractivity contribution in [1.82, 2.24) is 0 Å². The van der Waals surface area contributed by atoms with Gasteiger partial charge in [0.1, 0.15) is 17.6 Å². The van der Waals surface area contributed by atoms with E-state index >= 15 is 0 Å². The van der Waals surface area contributed by atoms with Gasteiger partial charge in [0.05, 0.1) is 12.8 Å². The Morgan fingerprint density at radius 1 is 1.35 bits per heavy atom. The molecule has 0 bridgehead atoms. The molecule has 1 rings (SSSR count). The van der Waals surface area contributed by atoms with Crippen LogP contribution >= 0.6 is 0 Å². The van der Waals surface area contributed by atoms with E-state index in [9.17, 15) is 9.59 Å². The smallest absolute Gasteiger partial charge is 0.412 e. The molecule has 1 N–H and O–H groups in total. The van der Waals surface area contributed by atoms with Gasteiger partial charge in [-0.05, 0) is 44.9 Å². The van der Waals surface area contributed by atoms with Crippen LogP contribution < -0.4 is 10.1 Å². The Labute approximate surface area is 119 Å². The maximum atomic E-state index is 11.8. The number of aldehydes is 1. The zero-order valence-electron chi connectivity index (χ0n) is 12.4. The van der Waals surface area contributed by atoms with Crippen molar-refractivity contribution >= 4 is 18.1 Å². The molecule has 20 heavy (non-hydrogen) atoms. The molecule has 0 fully saturated rings. The summed E-state index contributed by atoms with van der Waals surface area (Å²) in [6, 6.07) is 5.40. The van der Waals surface area contributed by atoms with Crippen LogP contribution in [0.3, 0.4) is 0 Å². The second-order valence-electron chi connectivity index (χ2n) is 5.37. The summed E-state index contributed by atoms with van der Waals surface area (Å²) in [4.78, 5) is 22.2. The van der Waals surface area contributed by atoms with Crippen molar-refractivity contribution in [2.75, 3.05) is 12.4 Å². The van der Waals surface area contributed by atoms with Crippen molar-refractivity contribution < 1.29 is 19.1 Å². The normalized spacial score (nSPS) is 10.8. The van der Waals surface area contributed by atoms with E-state index in [1.807, 2.05) is 6.07 Å². The SMILES string of the molecule is COc1ccc(CCC=O)cc1NC(=O)OC(C)(C)C. The van der Waals surface area contributed by atoms with E-state index in [-0.39, 0.29) is 0 Å². The number of rotatable bonds is 5. The van der Waals surface area contributed by atoms with Gasteiger partial charge < -0.3 is 14.3 Å². The Kier molecular flexibility index (Phi) is 5.55. The van der Waals surface area contributed by atoms with E-state index < -0.39 is 11.7 Å². The van der Waals surface area contributed by atoms with E-state index in [2.05, 4.69) is 5.32 Å². The van der Waals surface area contributed by atoms with Gasteiger partial charge in [-0.1, -0.05) is 6.07 Å². The standard InChI is InChI=1S/C15H21NO4/c1-15(2,3)20-14(18)16-12-10-11(6-5-9-17)7-8-13(12)19-4/h7-10H,5-6H2,1-4H3,(H,16,18). The summed E-state index contributed by atoms with van der Waals surface area (Å²) in [5.74, 6) is 0.547. The second-order valence-corrected chi connectivity index (χ2v) is 5.37. The minimum Gasteiger partial charge on any atom is -0.495 e. The van der Waals surface area contributed by atoms with Crippen LogP contribution in [0, 0.1) is 0 Å². The highest BCUT2D eigenvalue weighted by atomic mass is 16.6. The summed E-state index contributed by atoms with van der Waals surface area (Å²) < 4.78 is 10.4. The second kappa shape index (κ2) is 6.93. The van der Waals surface area contributed by atoms with Crippen molar-refractivity contribution in [3.05, 3.63) is 23.8 Å². The summed E-state index contributed by atoms with van der Waals surface area (Å²) in [7, 11) is 1.53. The number of ether oxygens (including phenoxy) is 2. The Balaban J connectivity index is 2.85. The fourth-order valence-corrected chi connectivity index (χ4v) is 1.65. The van der Waals surface area contributed by atoms with E-state index in [0.29, 0.717) is 24.3 Å². The van der Waals surface area contributed by atoms with Gasteiger partial charge in [-0.15, -0.1) is 0 Å². The van der Waals surface area contributed by atoms with Crippen molar-refractivity contribution in [2.24, 2.45) is 0 Å². The lowest BCUT2D eigenvalue weighted by Crippen LogP contribution is -2.27. The average Bonchev–Trinajstić information content (AvgIpc) is 2.34. The minimum absolute atomic E-state index is 0.443. The molecule has 1 amide bonds. The Bertz CT molecular complexity index is 477. The molecule has 1 aromatic carbocycles. The number of hydrogen-bond donors (Lipinski definition) is 1. The zero-order chi connectivity index (χ0) is 15.2. The number of nitrogens with one attached hydrogen (secondary N) is 1. The summed E-state index contributed by atoms with van der Waals surface area (Å²) in [6.45, 7) is 5.39. The molecule has 0 aromatic heterocycles. The number of hydrogen-bond acceptors (Lipinski definition) is 4. The maximum Gasteiger partial charge on any atom is 0.412 e. The van der Waals surface area contributed by atoms with Crippen LogP contribution in [0.25, 0.3) is 0 Å². The van der Waals surface area contributed by atoms with E-state index in [1.54, 1.807) is 32.9 Å². The van der Waals surface area contributed by atoms with E-state index in [0.717, 1.165) is 11.8 Å². The van der Waals surface area contributed by atoms with Crippen LogP contribution in [0.5, 0.6) is 5.75 Å². The highest BCUT2D eigenvalue weighted by Crippen LogP contribution is 2.26. The first-order valence-electron chi connectivity index (χ1n) is 6.46. The molecule has 110 valence electrons. The Morgan fingerprint density at radius 2 is 2.05 bits per heavy atom. The van der Waals surface area contributed by atoms with Gasteiger partial charge in [-0.2, -0.15) is 0 Å². The molecule has 0 atom stereocenters. The third-order valence-electron chi connectivity index (χ3n) is 2.45. The lowest BCUT2D eigenvalue weighted by atomic mass is 10.1. The van der Waals surface area contributed by atoms with Crippen LogP contribution in [0.1, 0.15) is 32.8 Å². The number of anilines is 1. The highest BCUT2D eigenvalue weighted by Gasteiger charge is 2.17. The quantitative estimate of drug-likeness (QED) is 0.841. The minimum atomic E-state index is -0.563. The molecular weight excluding hydrogens is 258 g/mol. The molecule has 5 heteroatoms. The highest BCUT2D eigenvalue weighted by molar-refractivity contribution is 5.87. The summed E-state index contributed by atoms with van der Waals surface area (Å²) in [6.07, 6.45) is 1.39. The molecular formula is C15H21NO4. The predicted molar refractivity (Wildman–Crippen MR) is 77.2 cm³/mol. The zero-order valence-corrected chi connectivity index (χ0v) is 12.4. The first-order valence-corrected chi connectivity index (χ1v) is 6.46. The molecule has 0 unspecified atom stereocenters. The van der Waals surface area contributed by atoms with Crippen LogP contribution in [0.15, 0.2) is 18.2 Å².